The zero-order valence-electron chi connectivity index (χ0n) is 8.42. The second-order valence-corrected chi connectivity index (χ2v) is 3.94. The first-order valence-corrected chi connectivity index (χ1v) is 5.87. The lowest BCUT2D eigenvalue weighted by Crippen LogP contribution is -2.26. The number of nitrogens with one attached hydrogen (secondary N) is 1. The van der Waals surface area contributed by atoms with Gasteiger partial charge in [0.1, 0.15) is 5.82 Å². The number of carbonyl (C=O) groups is 1. The summed E-state index contributed by atoms with van der Waals surface area (Å²) in [6, 6.07) is 4.20. The third kappa shape index (κ3) is 3.13. The van der Waals surface area contributed by atoms with Gasteiger partial charge in [0, 0.05) is 12.3 Å². The Morgan fingerprint density at radius 3 is 3.00 bits per heavy atom. The van der Waals surface area contributed by atoms with Crippen molar-refractivity contribution in [2.45, 2.75) is 0 Å². The molecule has 5 heteroatoms. The van der Waals surface area contributed by atoms with Crippen molar-refractivity contribution in [3.05, 3.63) is 29.6 Å². The molecule has 0 saturated heterocycles. The first kappa shape index (κ1) is 11.8. The van der Waals surface area contributed by atoms with E-state index in [2.05, 4.69) is 5.32 Å². The van der Waals surface area contributed by atoms with E-state index in [1.54, 1.807) is 11.8 Å². The van der Waals surface area contributed by atoms with Crippen LogP contribution in [0.5, 0.6) is 0 Å². The first-order chi connectivity index (χ1) is 7.16. The van der Waals surface area contributed by atoms with E-state index in [1.165, 1.54) is 18.2 Å². The van der Waals surface area contributed by atoms with Gasteiger partial charge in [0.25, 0.3) is 5.91 Å². The monoisotopic (exact) mass is 228 g/mol. The summed E-state index contributed by atoms with van der Waals surface area (Å²) < 4.78 is 13.0. The first-order valence-electron chi connectivity index (χ1n) is 4.48. The Balaban J connectivity index is 2.69. The second-order valence-electron chi connectivity index (χ2n) is 2.95. The molecule has 0 saturated carbocycles. The molecule has 0 heterocycles. The van der Waals surface area contributed by atoms with Crippen LogP contribution in [-0.4, -0.2) is 24.5 Å². The highest BCUT2D eigenvalue weighted by atomic mass is 32.2. The average molecular weight is 228 g/mol. The normalized spacial score (nSPS) is 10.0. The Kier molecular flexibility index (Phi) is 4.42. The van der Waals surface area contributed by atoms with Gasteiger partial charge >= 0.3 is 0 Å². The van der Waals surface area contributed by atoms with Gasteiger partial charge in [-0.25, -0.2) is 4.39 Å². The fourth-order valence-corrected chi connectivity index (χ4v) is 1.40. The summed E-state index contributed by atoms with van der Waals surface area (Å²) in [5.74, 6) is -0.0744. The summed E-state index contributed by atoms with van der Waals surface area (Å²) in [5.41, 5.74) is 5.54. The van der Waals surface area contributed by atoms with Gasteiger partial charge in [0.15, 0.2) is 0 Å². The number of halogens is 1. The number of benzene rings is 1. The van der Waals surface area contributed by atoms with E-state index >= 15 is 0 Å². The summed E-state index contributed by atoms with van der Waals surface area (Å²) in [6.07, 6.45) is 1.95. The number of rotatable bonds is 4. The minimum absolute atomic E-state index is 0.0980. The highest BCUT2D eigenvalue weighted by Gasteiger charge is 2.11. The number of hydrogen-bond acceptors (Lipinski definition) is 3. The van der Waals surface area contributed by atoms with E-state index in [0.29, 0.717) is 6.54 Å². The lowest BCUT2D eigenvalue weighted by Gasteiger charge is -2.06. The van der Waals surface area contributed by atoms with Gasteiger partial charge in [0.05, 0.1) is 11.3 Å². The van der Waals surface area contributed by atoms with Gasteiger partial charge in [-0.15, -0.1) is 0 Å². The summed E-state index contributed by atoms with van der Waals surface area (Å²) in [7, 11) is 0. The van der Waals surface area contributed by atoms with Gasteiger partial charge in [-0.3, -0.25) is 4.79 Å². The van der Waals surface area contributed by atoms with Crippen molar-refractivity contribution in [3.8, 4) is 0 Å². The topological polar surface area (TPSA) is 55.1 Å². The van der Waals surface area contributed by atoms with Crippen LogP contribution >= 0.6 is 11.8 Å². The highest BCUT2D eigenvalue weighted by Crippen LogP contribution is 2.15. The van der Waals surface area contributed by atoms with Gasteiger partial charge < -0.3 is 11.1 Å². The molecule has 15 heavy (non-hydrogen) atoms. The largest absolute Gasteiger partial charge is 0.396 e. The van der Waals surface area contributed by atoms with E-state index in [9.17, 15) is 9.18 Å². The Hall–Kier alpha value is -1.23. The van der Waals surface area contributed by atoms with Crippen molar-refractivity contribution < 1.29 is 9.18 Å². The van der Waals surface area contributed by atoms with Crippen LogP contribution in [0.3, 0.4) is 0 Å². The standard InChI is InChI=1S/C10H13FN2OS/c1-15-6-5-13-10(14)7-3-2-4-8(11)9(7)12/h2-4H,5-6,12H2,1H3,(H,13,14). The zero-order valence-corrected chi connectivity index (χ0v) is 9.23. The lowest BCUT2D eigenvalue weighted by molar-refractivity contribution is 0.0956. The molecule has 1 amide bonds. The number of para-hydroxylation sites is 1. The molecule has 1 rings (SSSR count). The molecule has 0 aromatic heterocycles. The summed E-state index contributed by atoms with van der Waals surface area (Å²) in [5, 5.41) is 2.66. The molecule has 82 valence electrons. The molecule has 1 aromatic rings. The molecule has 0 aliphatic rings. The van der Waals surface area contributed by atoms with Gasteiger partial charge in [-0.1, -0.05) is 6.07 Å². The van der Waals surface area contributed by atoms with Crippen molar-refractivity contribution in [2.75, 3.05) is 24.3 Å². The summed E-state index contributed by atoms with van der Waals surface area (Å²) >= 11 is 1.63. The van der Waals surface area contributed by atoms with Crippen molar-refractivity contribution in [3.63, 3.8) is 0 Å². The minimum Gasteiger partial charge on any atom is -0.396 e. The Bertz CT molecular complexity index is 357. The van der Waals surface area contributed by atoms with Crippen LogP contribution in [0.2, 0.25) is 0 Å². The van der Waals surface area contributed by atoms with E-state index in [0.717, 1.165) is 5.75 Å². The number of nitrogens with two attached hydrogens (primary N) is 1. The van der Waals surface area contributed by atoms with Crippen LogP contribution in [0.25, 0.3) is 0 Å². The van der Waals surface area contributed by atoms with E-state index in [1.807, 2.05) is 6.26 Å². The number of nitrogen functional groups attached to an aromatic ring is 1. The molecule has 0 radical (unpaired) electrons. The predicted octanol–water partition coefficient (Wildman–Crippen LogP) is 1.50. The van der Waals surface area contributed by atoms with Crippen LogP contribution in [0.15, 0.2) is 18.2 Å². The maximum atomic E-state index is 13.0. The molecular formula is C10H13FN2OS. The molecule has 0 spiro atoms. The smallest absolute Gasteiger partial charge is 0.253 e. The van der Waals surface area contributed by atoms with Crippen LogP contribution in [0, 0.1) is 5.82 Å². The molecule has 0 aliphatic carbocycles. The van der Waals surface area contributed by atoms with Crippen molar-refractivity contribution in [1.29, 1.82) is 0 Å². The third-order valence-electron chi connectivity index (χ3n) is 1.89. The minimum atomic E-state index is -0.562. The molecule has 0 aliphatic heterocycles. The van der Waals surface area contributed by atoms with Crippen molar-refractivity contribution >= 4 is 23.4 Å². The summed E-state index contributed by atoms with van der Waals surface area (Å²) in [4.78, 5) is 11.5. The van der Waals surface area contributed by atoms with Gasteiger partial charge in [-0.2, -0.15) is 11.8 Å². The van der Waals surface area contributed by atoms with Crippen LogP contribution < -0.4 is 11.1 Å². The van der Waals surface area contributed by atoms with Crippen LogP contribution in [-0.2, 0) is 0 Å². The van der Waals surface area contributed by atoms with Crippen LogP contribution in [0.1, 0.15) is 10.4 Å². The van der Waals surface area contributed by atoms with Crippen molar-refractivity contribution in [1.82, 2.24) is 5.32 Å². The SMILES string of the molecule is CSCCNC(=O)c1cccc(F)c1N. The van der Waals surface area contributed by atoms with Crippen LogP contribution in [0.4, 0.5) is 10.1 Å². The molecular weight excluding hydrogens is 215 g/mol. The fourth-order valence-electron chi connectivity index (χ4n) is 1.10. The second kappa shape index (κ2) is 5.60. The Morgan fingerprint density at radius 2 is 2.33 bits per heavy atom. The quantitative estimate of drug-likeness (QED) is 0.606. The molecule has 0 fully saturated rings. The van der Waals surface area contributed by atoms with E-state index in [-0.39, 0.29) is 17.2 Å². The zero-order chi connectivity index (χ0) is 11.3. The fraction of sp³-hybridized carbons (Fsp3) is 0.300. The number of amides is 1. The maximum absolute atomic E-state index is 13.0. The molecule has 0 atom stereocenters. The number of anilines is 1. The van der Waals surface area contributed by atoms with E-state index in [4.69, 9.17) is 5.73 Å². The average Bonchev–Trinajstić information content (AvgIpc) is 2.22. The molecule has 3 N–H and O–H groups in total. The molecule has 1 aromatic carbocycles. The molecule has 0 unspecified atom stereocenters. The van der Waals surface area contributed by atoms with Gasteiger partial charge in [-0.05, 0) is 18.4 Å². The predicted molar refractivity (Wildman–Crippen MR) is 61.5 cm³/mol. The number of carbonyl (C=O) groups excluding carboxylic acids is 1. The summed E-state index contributed by atoms with van der Waals surface area (Å²) in [6.45, 7) is 0.552. The molecule has 0 bridgehead atoms. The number of hydrogen-bond donors (Lipinski definition) is 2. The Labute approximate surface area is 92.2 Å². The number of thioether (sulfide) groups is 1. The lowest BCUT2D eigenvalue weighted by atomic mass is 10.1. The highest BCUT2D eigenvalue weighted by molar-refractivity contribution is 7.98. The van der Waals surface area contributed by atoms with Crippen molar-refractivity contribution in [2.24, 2.45) is 0 Å². The molecule has 3 nitrogen and oxygen atoms in total. The van der Waals surface area contributed by atoms with E-state index < -0.39 is 5.82 Å². The maximum Gasteiger partial charge on any atom is 0.253 e. The third-order valence-corrected chi connectivity index (χ3v) is 2.50. The Morgan fingerprint density at radius 1 is 1.60 bits per heavy atom. The van der Waals surface area contributed by atoms with Gasteiger partial charge in [0.2, 0.25) is 0 Å².